The number of nitrogens with one attached hydrogen (secondary N) is 1. The fourth-order valence-electron chi connectivity index (χ4n) is 1.44. The number of hydrogen-bond acceptors (Lipinski definition) is 3. The zero-order valence-electron chi connectivity index (χ0n) is 11.0. The van der Waals surface area contributed by atoms with Crippen molar-refractivity contribution in [2.24, 2.45) is 5.73 Å². The van der Waals surface area contributed by atoms with Gasteiger partial charge in [-0.05, 0) is 24.6 Å². The van der Waals surface area contributed by atoms with Crippen molar-refractivity contribution in [1.29, 1.82) is 0 Å². The van der Waals surface area contributed by atoms with E-state index in [9.17, 15) is 18.0 Å². The third-order valence-electron chi connectivity index (χ3n) is 2.49. The number of carbonyl (C=O) groups is 1. The van der Waals surface area contributed by atoms with E-state index in [-0.39, 0.29) is 30.3 Å². The molecule has 1 aromatic carbocycles. The molecule has 0 bridgehead atoms. The standard InChI is InChI=1S/C12H15F3N2O2.ClH/c1-7(16)11(18)17-6-8-3-4-9(19-2)5-10(8)12(13,14)15;/h3-5,7H,6,16H2,1-2H3,(H,17,18);1H/t7-;/m1./s1. The third kappa shape index (κ3) is 4.90. The third-order valence-corrected chi connectivity index (χ3v) is 2.49. The average molecular weight is 313 g/mol. The molecule has 0 fully saturated rings. The maximum absolute atomic E-state index is 12.9. The lowest BCUT2D eigenvalue weighted by atomic mass is 10.1. The lowest BCUT2D eigenvalue weighted by molar-refractivity contribution is -0.138. The molecule has 4 nitrogen and oxygen atoms in total. The van der Waals surface area contributed by atoms with Gasteiger partial charge in [0, 0.05) is 6.54 Å². The molecule has 3 N–H and O–H groups in total. The highest BCUT2D eigenvalue weighted by molar-refractivity contribution is 5.85. The summed E-state index contributed by atoms with van der Waals surface area (Å²) in [5.41, 5.74) is 4.44. The second kappa shape index (κ2) is 7.35. The Bertz CT molecular complexity index is 465. The first kappa shape index (κ1) is 18.5. The van der Waals surface area contributed by atoms with Crippen molar-refractivity contribution < 1.29 is 22.7 Å². The van der Waals surface area contributed by atoms with E-state index >= 15 is 0 Å². The van der Waals surface area contributed by atoms with Gasteiger partial charge in [-0.1, -0.05) is 6.07 Å². The van der Waals surface area contributed by atoms with E-state index in [1.165, 1.54) is 26.2 Å². The molecule has 0 radical (unpaired) electrons. The second-order valence-corrected chi connectivity index (χ2v) is 4.03. The number of ether oxygens (including phenoxy) is 1. The van der Waals surface area contributed by atoms with E-state index in [0.29, 0.717) is 0 Å². The topological polar surface area (TPSA) is 64.3 Å². The Labute approximate surface area is 120 Å². The summed E-state index contributed by atoms with van der Waals surface area (Å²) in [6.45, 7) is 1.22. The Morgan fingerprint density at radius 2 is 2.05 bits per heavy atom. The maximum atomic E-state index is 12.9. The summed E-state index contributed by atoms with van der Waals surface area (Å²) in [7, 11) is 1.28. The van der Waals surface area contributed by atoms with Gasteiger partial charge >= 0.3 is 6.18 Å². The molecule has 8 heteroatoms. The molecule has 0 spiro atoms. The number of benzene rings is 1. The van der Waals surface area contributed by atoms with Gasteiger partial charge in [-0.2, -0.15) is 13.2 Å². The highest BCUT2D eigenvalue weighted by Crippen LogP contribution is 2.34. The molecule has 0 aromatic heterocycles. The van der Waals surface area contributed by atoms with Crippen LogP contribution in [-0.2, 0) is 17.5 Å². The summed E-state index contributed by atoms with van der Waals surface area (Å²) < 4.78 is 43.3. The van der Waals surface area contributed by atoms with Gasteiger partial charge in [0.15, 0.2) is 0 Å². The van der Waals surface area contributed by atoms with E-state index in [2.05, 4.69) is 5.32 Å². The molecule has 0 aliphatic heterocycles. The summed E-state index contributed by atoms with van der Waals surface area (Å²) in [5, 5.41) is 2.34. The molecule has 1 rings (SSSR count). The highest BCUT2D eigenvalue weighted by atomic mass is 35.5. The number of nitrogens with two attached hydrogens (primary N) is 1. The molecule has 0 unspecified atom stereocenters. The summed E-state index contributed by atoms with van der Waals surface area (Å²) in [5.74, 6) is -0.404. The summed E-state index contributed by atoms with van der Waals surface area (Å²) in [6, 6.07) is 2.80. The van der Waals surface area contributed by atoms with Gasteiger partial charge in [0.1, 0.15) is 5.75 Å². The molecule has 1 atom stereocenters. The minimum absolute atomic E-state index is 0. The van der Waals surface area contributed by atoms with Gasteiger partial charge in [0.05, 0.1) is 18.7 Å². The Morgan fingerprint density at radius 1 is 1.45 bits per heavy atom. The van der Waals surface area contributed by atoms with Crippen LogP contribution in [0.4, 0.5) is 13.2 Å². The zero-order valence-corrected chi connectivity index (χ0v) is 11.8. The molecule has 114 valence electrons. The molecule has 0 aliphatic carbocycles. The SMILES string of the molecule is COc1ccc(CNC(=O)[C@@H](C)N)c(C(F)(F)F)c1.Cl. The van der Waals surface area contributed by atoms with E-state index in [4.69, 9.17) is 10.5 Å². The Hall–Kier alpha value is -1.47. The quantitative estimate of drug-likeness (QED) is 0.895. The molecule has 20 heavy (non-hydrogen) atoms. The molecular weight excluding hydrogens is 297 g/mol. The molecular formula is C12H16ClF3N2O2. The predicted octanol–water partition coefficient (Wildman–Crippen LogP) is 2.10. The van der Waals surface area contributed by atoms with Crippen LogP contribution in [0.1, 0.15) is 18.1 Å². The minimum Gasteiger partial charge on any atom is -0.497 e. The van der Waals surface area contributed by atoms with Gasteiger partial charge in [-0.15, -0.1) is 12.4 Å². The van der Waals surface area contributed by atoms with Gasteiger partial charge in [-0.3, -0.25) is 4.79 Å². The van der Waals surface area contributed by atoms with Crippen LogP contribution in [0.5, 0.6) is 5.75 Å². The molecule has 0 saturated heterocycles. The Morgan fingerprint density at radius 3 is 2.50 bits per heavy atom. The Kier molecular flexibility index (Phi) is 6.81. The lowest BCUT2D eigenvalue weighted by Crippen LogP contribution is -2.38. The van der Waals surface area contributed by atoms with Crippen molar-refractivity contribution in [3.05, 3.63) is 29.3 Å². The first-order valence-electron chi connectivity index (χ1n) is 5.53. The van der Waals surface area contributed by atoms with Crippen LogP contribution in [-0.4, -0.2) is 19.1 Å². The van der Waals surface area contributed by atoms with Crippen LogP contribution in [0, 0.1) is 0 Å². The van der Waals surface area contributed by atoms with E-state index in [0.717, 1.165) is 6.07 Å². The first-order chi connectivity index (χ1) is 8.75. The largest absolute Gasteiger partial charge is 0.497 e. The van der Waals surface area contributed by atoms with Crippen molar-refractivity contribution >= 4 is 18.3 Å². The van der Waals surface area contributed by atoms with Crippen LogP contribution in [0.15, 0.2) is 18.2 Å². The highest BCUT2D eigenvalue weighted by Gasteiger charge is 2.33. The molecule has 1 aromatic rings. The normalized spacial score (nSPS) is 12.3. The van der Waals surface area contributed by atoms with Crippen molar-refractivity contribution in [2.45, 2.75) is 25.7 Å². The van der Waals surface area contributed by atoms with E-state index in [1.54, 1.807) is 0 Å². The number of methoxy groups -OCH3 is 1. The monoisotopic (exact) mass is 312 g/mol. The second-order valence-electron chi connectivity index (χ2n) is 4.03. The number of hydrogen-bond donors (Lipinski definition) is 2. The number of carbonyl (C=O) groups excluding carboxylic acids is 1. The van der Waals surface area contributed by atoms with Crippen LogP contribution >= 0.6 is 12.4 Å². The van der Waals surface area contributed by atoms with Crippen LogP contribution in [0.25, 0.3) is 0 Å². The van der Waals surface area contributed by atoms with E-state index < -0.39 is 23.7 Å². The fraction of sp³-hybridized carbons (Fsp3) is 0.417. The molecule has 0 saturated carbocycles. The van der Waals surface area contributed by atoms with Crippen molar-refractivity contribution in [3.8, 4) is 5.75 Å². The zero-order chi connectivity index (χ0) is 14.6. The fourth-order valence-corrected chi connectivity index (χ4v) is 1.44. The number of rotatable bonds is 4. The number of halogens is 4. The lowest BCUT2D eigenvalue weighted by Gasteiger charge is -2.15. The summed E-state index contributed by atoms with van der Waals surface area (Å²) in [6.07, 6.45) is -4.51. The molecule has 0 heterocycles. The predicted molar refractivity (Wildman–Crippen MR) is 70.7 cm³/mol. The summed E-state index contributed by atoms with van der Waals surface area (Å²) in [4.78, 5) is 11.3. The van der Waals surface area contributed by atoms with Gasteiger partial charge < -0.3 is 15.8 Å². The van der Waals surface area contributed by atoms with Crippen LogP contribution in [0.3, 0.4) is 0 Å². The smallest absolute Gasteiger partial charge is 0.416 e. The average Bonchev–Trinajstić information content (AvgIpc) is 2.34. The first-order valence-corrected chi connectivity index (χ1v) is 5.53. The van der Waals surface area contributed by atoms with Crippen molar-refractivity contribution in [1.82, 2.24) is 5.32 Å². The minimum atomic E-state index is -4.51. The van der Waals surface area contributed by atoms with Gasteiger partial charge in [-0.25, -0.2) is 0 Å². The number of amides is 1. The van der Waals surface area contributed by atoms with Crippen molar-refractivity contribution in [2.75, 3.05) is 7.11 Å². The van der Waals surface area contributed by atoms with Crippen molar-refractivity contribution in [3.63, 3.8) is 0 Å². The van der Waals surface area contributed by atoms with Crippen LogP contribution in [0.2, 0.25) is 0 Å². The summed E-state index contributed by atoms with van der Waals surface area (Å²) >= 11 is 0. The Balaban J connectivity index is 0.00000361. The van der Waals surface area contributed by atoms with E-state index in [1.807, 2.05) is 0 Å². The maximum Gasteiger partial charge on any atom is 0.416 e. The molecule has 1 amide bonds. The van der Waals surface area contributed by atoms with Gasteiger partial charge in [0.25, 0.3) is 0 Å². The number of alkyl halides is 3. The molecule has 0 aliphatic rings. The van der Waals surface area contributed by atoms with Crippen LogP contribution < -0.4 is 15.8 Å². The van der Waals surface area contributed by atoms with Gasteiger partial charge in [0.2, 0.25) is 5.91 Å².